The maximum Gasteiger partial charge on any atom is 0.410 e. The molecule has 3 heteroatoms. The molecule has 2 aromatic carbocycles. The minimum absolute atomic E-state index is 0.193. The van der Waals surface area contributed by atoms with Gasteiger partial charge in [0.25, 0.3) is 0 Å². The van der Waals surface area contributed by atoms with Gasteiger partial charge in [-0.15, -0.1) is 0 Å². The number of hydrogen-bond donors (Lipinski definition) is 0. The van der Waals surface area contributed by atoms with Crippen LogP contribution in [0.4, 0.5) is 4.79 Å². The quantitative estimate of drug-likeness (QED) is 0.668. The summed E-state index contributed by atoms with van der Waals surface area (Å²) in [4.78, 5) is 14.0. The highest BCUT2D eigenvalue weighted by Crippen LogP contribution is 2.23. The lowest BCUT2D eigenvalue weighted by Crippen LogP contribution is -2.41. The van der Waals surface area contributed by atoms with E-state index in [9.17, 15) is 4.79 Å². The van der Waals surface area contributed by atoms with Crippen molar-refractivity contribution in [3.8, 4) is 11.1 Å². The molecule has 1 saturated heterocycles. The molecule has 0 N–H and O–H groups in total. The molecule has 1 fully saturated rings. The highest BCUT2D eigenvalue weighted by Gasteiger charge is 2.25. The molecular formula is C24H29NO2. The first-order chi connectivity index (χ1) is 12.9. The van der Waals surface area contributed by atoms with Gasteiger partial charge in [0, 0.05) is 13.1 Å². The fraction of sp³-hybridized carbons (Fsp3) is 0.375. The molecule has 0 bridgehead atoms. The third-order valence-electron chi connectivity index (χ3n) is 4.77. The molecule has 3 nitrogen and oxygen atoms in total. The second kappa shape index (κ2) is 8.43. The monoisotopic (exact) mass is 363 g/mol. The number of benzene rings is 2. The van der Waals surface area contributed by atoms with Crippen LogP contribution in [0.15, 0.2) is 60.7 Å². The number of carbonyl (C=O) groups excluding carboxylic acids is 1. The van der Waals surface area contributed by atoms with Gasteiger partial charge >= 0.3 is 6.09 Å². The molecule has 142 valence electrons. The van der Waals surface area contributed by atoms with Crippen LogP contribution in [0.3, 0.4) is 0 Å². The first-order valence-electron chi connectivity index (χ1n) is 9.72. The molecule has 0 saturated carbocycles. The van der Waals surface area contributed by atoms with Gasteiger partial charge in [0.2, 0.25) is 0 Å². The number of allylic oxidation sites excluding steroid dienone is 1. The van der Waals surface area contributed by atoms with E-state index in [1.807, 2.05) is 31.7 Å². The Hall–Kier alpha value is -2.55. The van der Waals surface area contributed by atoms with E-state index >= 15 is 0 Å². The van der Waals surface area contributed by atoms with Crippen molar-refractivity contribution in [3.05, 3.63) is 66.2 Å². The zero-order chi connectivity index (χ0) is 19.3. The lowest BCUT2D eigenvalue weighted by molar-refractivity contribution is 0.0197. The van der Waals surface area contributed by atoms with Crippen LogP contribution in [0.1, 0.15) is 39.2 Å². The van der Waals surface area contributed by atoms with E-state index in [1.54, 1.807) is 0 Å². The van der Waals surface area contributed by atoms with Crippen LogP contribution in [-0.4, -0.2) is 29.7 Å². The van der Waals surface area contributed by atoms with Gasteiger partial charge < -0.3 is 9.64 Å². The Labute approximate surface area is 162 Å². The summed E-state index contributed by atoms with van der Waals surface area (Å²) in [6.07, 6.45) is 6.25. The van der Waals surface area contributed by atoms with Crippen LogP contribution in [0.2, 0.25) is 0 Å². The molecule has 0 aliphatic carbocycles. The number of amides is 1. The molecule has 1 aliphatic heterocycles. The number of hydrogen-bond acceptors (Lipinski definition) is 2. The van der Waals surface area contributed by atoms with Crippen LogP contribution in [0.5, 0.6) is 0 Å². The van der Waals surface area contributed by atoms with Gasteiger partial charge in [-0.05, 0) is 56.2 Å². The molecule has 3 rings (SSSR count). The predicted molar refractivity (Wildman–Crippen MR) is 111 cm³/mol. The Kier molecular flexibility index (Phi) is 6.00. The number of ether oxygens (including phenoxy) is 1. The molecule has 1 aliphatic rings. The Bertz CT molecular complexity index is 764. The van der Waals surface area contributed by atoms with E-state index in [0.29, 0.717) is 5.92 Å². The lowest BCUT2D eigenvalue weighted by atomic mass is 9.95. The minimum Gasteiger partial charge on any atom is -0.444 e. The van der Waals surface area contributed by atoms with Crippen molar-refractivity contribution in [1.82, 2.24) is 4.90 Å². The summed E-state index contributed by atoms with van der Waals surface area (Å²) in [6.45, 7) is 7.24. The van der Waals surface area contributed by atoms with Crippen molar-refractivity contribution in [3.63, 3.8) is 0 Å². The average molecular weight is 364 g/mol. The Balaban J connectivity index is 1.52. The van der Waals surface area contributed by atoms with Gasteiger partial charge in [0.05, 0.1) is 0 Å². The molecule has 27 heavy (non-hydrogen) atoms. The van der Waals surface area contributed by atoms with Crippen molar-refractivity contribution in [1.29, 1.82) is 0 Å². The van der Waals surface area contributed by atoms with Crippen LogP contribution in [0, 0.1) is 5.92 Å². The van der Waals surface area contributed by atoms with Crippen LogP contribution >= 0.6 is 0 Å². The highest BCUT2D eigenvalue weighted by atomic mass is 16.6. The Morgan fingerprint density at radius 3 is 2.15 bits per heavy atom. The summed E-state index contributed by atoms with van der Waals surface area (Å²) in [5, 5.41) is 0. The Morgan fingerprint density at radius 1 is 0.963 bits per heavy atom. The normalized spacial score (nSPS) is 15.9. The highest BCUT2D eigenvalue weighted by molar-refractivity contribution is 5.68. The summed E-state index contributed by atoms with van der Waals surface area (Å²) < 4.78 is 5.46. The molecule has 0 radical (unpaired) electrons. The number of nitrogens with zero attached hydrogens (tertiary/aromatic N) is 1. The van der Waals surface area contributed by atoms with Crippen LogP contribution in [-0.2, 0) is 4.74 Å². The number of piperidine rings is 1. The molecule has 0 aromatic heterocycles. The molecule has 0 spiro atoms. The third-order valence-corrected chi connectivity index (χ3v) is 4.77. The minimum atomic E-state index is -0.431. The first-order valence-corrected chi connectivity index (χ1v) is 9.72. The fourth-order valence-corrected chi connectivity index (χ4v) is 3.27. The van der Waals surface area contributed by atoms with Crippen molar-refractivity contribution < 1.29 is 9.53 Å². The maximum absolute atomic E-state index is 12.1. The summed E-state index contributed by atoms with van der Waals surface area (Å²) in [5.41, 5.74) is 3.25. The summed E-state index contributed by atoms with van der Waals surface area (Å²) in [6, 6.07) is 19.1. The molecule has 2 aromatic rings. The second-order valence-electron chi connectivity index (χ2n) is 8.15. The van der Waals surface area contributed by atoms with Crippen molar-refractivity contribution in [2.75, 3.05) is 13.1 Å². The van der Waals surface area contributed by atoms with Crippen LogP contribution in [0.25, 0.3) is 17.2 Å². The smallest absolute Gasteiger partial charge is 0.410 e. The maximum atomic E-state index is 12.1. The second-order valence-corrected chi connectivity index (χ2v) is 8.15. The van der Waals surface area contributed by atoms with Gasteiger partial charge in [0.15, 0.2) is 0 Å². The van der Waals surface area contributed by atoms with Gasteiger partial charge in [0.1, 0.15) is 5.60 Å². The van der Waals surface area contributed by atoms with E-state index < -0.39 is 5.60 Å². The van der Waals surface area contributed by atoms with Gasteiger partial charge in [-0.1, -0.05) is 66.7 Å². The number of rotatable bonds is 3. The topological polar surface area (TPSA) is 29.5 Å². The zero-order valence-electron chi connectivity index (χ0n) is 16.5. The lowest BCUT2D eigenvalue weighted by Gasteiger charge is -2.32. The van der Waals surface area contributed by atoms with Crippen molar-refractivity contribution >= 4 is 12.2 Å². The SMILES string of the molecule is CC(C)(C)OC(=O)N1CCC(/C=C/c2ccc(-c3ccccc3)cc2)CC1. The fourth-order valence-electron chi connectivity index (χ4n) is 3.27. The Morgan fingerprint density at radius 2 is 1.56 bits per heavy atom. The zero-order valence-corrected chi connectivity index (χ0v) is 16.5. The van der Waals surface area contributed by atoms with E-state index in [0.717, 1.165) is 25.9 Å². The van der Waals surface area contributed by atoms with E-state index in [4.69, 9.17) is 4.74 Å². The third kappa shape index (κ3) is 5.72. The van der Waals surface area contributed by atoms with E-state index in [2.05, 4.69) is 60.7 Å². The molecule has 1 amide bonds. The largest absolute Gasteiger partial charge is 0.444 e. The van der Waals surface area contributed by atoms with Crippen molar-refractivity contribution in [2.24, 2.45) is 5.92 Å². The van der Waals surface area contributed by atoms with Crippen molar-refractivity contribution in [2.45, 2.75) is 39.2 Å². The summed E-state index contributed by atoms with van der Waals surface area (Å²) >= 11 is 0. The molecular weight excluding hydrogens is 334 g/mol. The predicted octanol–water partition coefficient (Wildman–Crippen LogP) is 6.01. The van der Waals surface area contributed by atoms with Gasteiger partial charge in [-0.25, -0.2) is 4.79 Å². The number of carbonyl (C=O) groups is 1. The summed E-state index contributed by atoms with van der Waals surface area (Å²) in [7, 11) is 0. The molecule has 1 heterocycles. The van der Waals surface area contributed by atoms with E-state index in [1.165, 1.54) is 16.7 Å². The summed E-state index contributed by atoms with van der Waals surface area (Å²) in [5.74, 6) is 0.512. The van der Waals surface area contributed by atoms with Gasteiger partial charge in [-0.2, -0.15) is 0 Å². The number of likely N-dealkylation sites (tertiary alicyclic amines) is 1. The molecule has 0 atom stereocenters. The van der Waals surface area contributed by atoms with E-state index in [-0.39, 0.29) is 6.09 Å². The standard InChI is InChI=1S/C24H29NO2/c1-24(2,3)27-23(26)25-17-15-20(16-18-25)10-9-19-11-13-22(14-12-19)21-7-5-4-6-8-21/h4-14,20H,15-18H2,1-3H3/b10-9+. The molecule has 0 unspecified atom stereocenters. The van der Waals surface area contributed by atoms with Crippen LogP contribution < -0.4 is 0 Å². The first kappa shape index (κ1) is 19.2. The average Bonchev–Trinajstić information content (AvgIpc) is 2.66. The van der Waals surface area contributed by atoms with Gasteiger partial charge in [-0.3, -0.25) is 0 Å².